The Hall–Kier alpha value is -2.69. The van der Waals surface area contributed by atoms with Gasteiger partial charge in [0, 0.05) is 0 Å². The number of rotatable bonds is 6. The average molecular weight is 420 g/mol. The Labute approximate surface area is 173 Å². The van der Waals surface area contributed by atoms with Crippen LogP contribution in [-0.2, 0) is 9.47 Å². The van der Waals surface area contributed by atoms with Crippen molar-refractivity contribution in [3.8, 4) is 22.6 Å². The molecule has 1 heterocycles. The maximum absolute atomic E-state index is 11.8. The van der Waals surface area contributed by atoms with Crippen molar-refractivity contribution in [2.24, 2.45) is 0 Å². The smallest absolute Gasteiger partial charge is 0.337 e. The van der Waals surface area contributed by atoms with Gasteiger partial charge in [0.1, 0.15) is 24.4 Å². The summed E-state index contributed by atoms with van der Waals surface area (Å²) in [6, 6.07) is 11.8. The highest BCUT2D eigenvalue weighted by Crippen LogP contribution is 2.35. The normalized spacial score (nSPS) is 26.1. The predicted octanol–water partition coefficient (Wildman–Crippen LogP) is 0.327. The third kappa shape index (κ3) is 4.40. The molecule has 1 fully saturated rings. The third-order valence-corrected chi connectivity index (χ3v) is 4.87. The molecule has 0 amide bonds. The first kappa shape index (κ1) is 22.0. The van der Waals surface area contributed by atoms with Crippen molar-refractivity contribution in [3.05, 3.63) is 48.0 Å². The zero-order valence-electron chi connectivity index (χ0n) is 16.5. The molecule has 2 aromatic rings. The molecule has 5 unspecified atom stereocenters. The van der Waals surface area contributed by atoms with Crippen LogP contribution >= 0.6 is 0 Å². The van der Waals surface area contributed by atoms with Crippen LogP contribution in [0.3, 0.4) is 0 Å². The maximum atomic E-state index is 11.8. The summed E-state index contributed by atoms with van der Waals surface area (Å²) in [6.07, 6.45) is -6.98. The van der Waals surface area contributed by atoms with Crippen molar-refractivity contribution in [2.45, 2.75) is 30.7 Å². The van der Waals surface area contributed by atoms with Crippen LogP contribution in [0.25, 0.3) is 11.1 Å². The zero-order valence-corrected chi connectivity index (χ0v) is 16.5. The minimum atomic E-state index is -1.55. The van der Waals surface area contributed by atoms with Gasteiger partial charge in [0.2, 0.25) is 6.29 Å². The number of hydrogen-bond donors (Lipinski definition) is 4. The Morgan fingerprint density at radius 1 is 0.967 bits per heavy atom. The monoisotopic (exact) mass is 420 g/mol. The second-order valence-corrected chi connectivity index (χ2v) is 6.75. The number of methoxy groups -OCH3 is 2. The van der Waals surface area contributed by atoms with E-state index < -0.39 is 43.3 Å². The quantitative estimate of drug-likeness (QED) is 0.488. The number of benzene rings is 2. The van der Waals surface area contributed by atoms with Crippen molar-refractivity contribution < 1.29 is 44.2 Å². The van der Waals surface area contributed by atoms with Crippen LogP contribution in [0, 0.1) is 0 Å². The first-order valence-corrected chi connectivity index (χ1v) is 9.23. The summed E-state index contributed by atoms with van der Waals surface area (Å²) in [4.78, 5) is 11.8. The Morgan fingerprint density at radius 3 is 2.37 bits per heavy atom. The fourth-order valence-corrected chi connectivity index (χ4v) is 3.18. The molecule has 162 valence electrons. The molecule has 2 aromatic carbocycles. The van der Waals surface area contributed by atoms with Crippen LogP contribution in [0.2, 0.25) is 0 Å². The molecule has 3 rings (SSSR count). The van der Waals surface area contributed by atoms with Crippen molar-refractivity contribution in [3.63, 3.8) is 0 Å². The lowest BCUT2D eigenvalue weighted by atomic mass is 9.99. The maximum Gasteiger partial charge on any atom is 0.337 e. The Kier molecular flexibility index (Phi) is 6.91. The molecule has 1 saturated heterocycles. The van der Waals surface area contributed by atoms with E-state index in [2.05, 4.69) is 0 Å². The molecule has 0 aromatic heterocycles. The summed E-state index contributed by atoms with van der Waals surface area (Å²) in [5.41, 5.74) is 1.88. The standard InChI is InChI=1S/C21H24O9/c1-27-15-9-12(11-4-3-5-13(8-11)20(26)28-2)6-7-14(15)29-21-19(25)18(24)17(23)16(10-22)30-21/h3-9,16-19,21-25H,10H2,1-2H3. The second kappa shape index (κ2) is 9.41. The van der Waals surface area contributed by atoms with E-state index in [9.17, 15) is 25.2 Å². The predicted molar refractivity (Wildman–Crippen MR) is 104 cm³/mol. The third-order valence-electron chi connectivity index (χ3n) is 4.87. The van der Waals surface area contributed by atoms with Crippen LogP contribution < -0.4 is 9.47 Å². The van der Waals surface area contributed by atoms with Gasteiger partial charge in [0.25, 0.3) is 0 Å². The van der Waals surface area contributed by atoms with Gasteiger partial charge in [-0.2, -0.15) is 0 Å². The molecule has 0 bridgehead atoms. The van der Waals surface area contributed by atoms with Gasteiger partial charge in [0.05, 0.1) is 26.4 Å². The lowest BCUT2D eigenvalue weighted by molar-refractivity contribution is -0.277. The number of carbonyl (C=O) groups is 1. The summed E-state index contributed by atoms with van der Waals surface area (Å²) in [5, 5.41) is 39.3. The largest absolute Gasteiger partial charge is 0.493 e. The number of ether oxygens (including phenoxy) is 4. The second-order valence-electron chi connectivity index (χ2n) is 6.75. The lowest BCUT2D eigenvalue weighted by Gasteiger charge is -2.39. The van der Waals surface area contributed by atoms with Crippen LogP contribution in [0.4, 0.5) is 0 Å². The highest BCUT2D eigenvalue weighted by molar-refractivity contribution is 5.91. The number of carbonyl (C=O) groups excluding carboxylic acids is 1. The van der Waals surface area contributed by atoms with E-state index in [0.717, 1.165) is 11.1 Å². The van der Waals surface area contributed by atoms with Crippen molar-refractivity contribution in [2.75, 3.05) is 20.8 Å². The molecule has 0 spiro atoms. The SMILES string of the molecule is COC(=O)c1cccc(-c2ccc(OC3OC(CO)C(O)C(O)C3O)c(OC)c2)c1. The number of esters is 1. The van der Waals surface area contributed by atoms with Gasteiger partial charge in [-0.3, -0.25) is 0 Å². The first-order valence-electron chi connectivity index (χ1n) is 9.23. The number of aliphatic hydroxyl groups is 4. The topological polar surface area (TPSA) is 135 Å². The molecular formula is C21H24O9. The van der Waals surface area contributed by atoms with Crippen LogP contribution in [0.5, 0.6) is 11.5 Å². The summed E-state index contributed by atoms with van der Waals surface area (Å²) in [5.74, 6) is 0.0778. The van der Waals surface area contributed by atoms with E-state index in [0.29, 0.717) is 11.3 Å². The van der Waals surface area contributed by atoms with E-state index in [1.165, 1.54) is 14.2 Å². The molecule has 1 aliphatic heterocycles. The average Bonchev–Trinajstić information content (AvgIpc) is 2.79. The van der Waals surface area contributed by atoms with Gasteiger partial charge in [-0.1, -0.05) is 18.2 Å². The molecule has 9 nitrogen and oxygen atoms in total. The molecule has 1 aliphatic rings. The number of hydrogen-bond acceptors (Lipinski definition) is 9. The van der Waals surface area contributed by atoms with Crippen LogP contribution in [-0.4, -0.2) is 77.9 Å². The Morgan fingerprint density at radius 2 is 1.70 bits per heavy atom. The van der Waals surface area contributed by atoms with Gasteiger partial charge in [0.15, 0.2) is 11.5 Å². The van der Waals surface area contributed by atoms with Crippen molar-refractivity contribution >= 4 is 5.97 Å². The van der Waals surface area contributed by atoms with Crippen molar-refractivity contribution in [1.82, 2.24) is 0 Å². The molecule has 0 saturated carbocycles. The van der Waals surface area contributed by atoms with Crippen LogP contribution in [0.15, 0.2) is 42.5 Å². The molecule has 0 aliphatic carbocycles. The molecule has 4 N–H and O–H groups in total. The fourth-order valence-electron chi connectivity index (χ4n) is 3.18. The van der Waals surface area contributed by atoms with E-state index in [-0.39, 0.29) is 5.75 Å². The number of aliphatic hydroxyl groups excluding tert-OH is 4. The zero-order chi connectivity index (χ0) is 21.8. The van der Waals surface area contributed by atoms with E-state index in [1.807, 2.05) is 6.07 Å². The summed E-state index contributed by atoms with van der Waals surface area (Å²) < 4.78 is 21.1. The molecule has 0 radical (unpaired) electrons. The van der Waals surface area contributed by atoms with Gasteiger partial charge < -0.3 is 39.4 Å². The van der Waals surface area contributed by atoms with Gasteiger partial charge >= 0.3 is 5.97 Å². The van der Waals surface area contributed by atoms with Gasteiger partial charge in [-0.25, -0.2) is 4.79 Å². The minimum absolute atomic E-state index is 0.217. The van der Waals surface area contributed by atoms with Gasteiger partial charge in [-0.05, 0) is 35.4 Å². The van der Waals surface area contributed by atoms with Gasteiger partial charge in [-0.15, -0.1) is 0 Å². The lowest BCUT2D eigenvalue weighted by Crippen LogP contribution is -2.60. The van der Waals surface area contributed by atoms with E-state index >= 15 is 0 Å². The summed E-state index contributed by atoms with van der Waals surface area (Å²) >= 11 is 0. The molecular weight excluding hydrogens is 396 g/mol. The Bertz CT molecular complexity index is 883. The highest BCUT2D eigenvalue weighted by Gasteiger charge is 2.44. The molecule has 30 heavy (non-hydrogen) atoms. The highest BCUT2D eigenvalue weighted by atomic mass is 16.7. The van der Waals surface area contributed by atoms with E-state index in [4.69, 9.17) is 18.9 Å². The minimum Gasteiger partial charge on any atom is -0.493 e. The summed E-state index contributed by atoms with van der Waals surface area (Å²) in [6.45, 7) is -0.558. The summed E-state index contributed by atoms with van der Waals surface area (Å²) in [7, 11) is 2.74. The van der Waals surface area contributed by atoms with E-state index in [1.54, 1.807) is 36.4 Å². The first-order chi connectivity index (χ1) is 14.4. The Balaban J connectivity index is 1.85. The molecule has 9 heteroatoms. The van der Waals surface area contributed by atoms with Crippen molar-refractivity contribution in [1.29, 1.82) is 0 Å². The molecule has 5 atom stereocenters. The fraction of sp³-hybridized carbons (Fsp3) is 0.381. The van der Waals surface area contributed by atoms with Crippen LogP contribution in [0.1, 0.15) is 10.4 Å².